The number of hydrogen-bond acceptors (Lipinski definition) is 9. The Balaban J connectivity index is 3.04. The molecule has 0 aromatic carbocycles. The van der Waals surface area contributed by atoms with Crippen LogP contribution >= 0.6 is 0 Å². The fourth-order valence-corrected chi connectivity index (χ4v) is 1.84. The fourth-order valence-electron chi connectivity index (χ4n) is 1.84. The number of rotatable bonds is 22. The lowest BCUT2D eigenvalue weighted by Crippen LogP contribution is -2.19. The van der Waals surface area contributed by atoms with Crippen LogP contribution in [-0.4, -0.2) is 117 Å². The minimum absolute atomic E-state index is 0.241. The lowest BCUT2D eigenvalue weighted by atomic mass is 10.5. The van der Waals surface area contributed by atoms with Crippen molar-refractivity contribution in [2.45, 2.75) is 13.3 Å². The first kappa shape index (κ1) is 27.2. The molecule has 0 aromatic rings. The molecular formula is C19H39NO8. The second-order valence-electron chi connectivity index (χ2n) is 6.03. The summed E-state index contributed by atoms with van der Waals surface area (Å²) >= 11 is 0. The normalized spacial score (nSPS) is 11.3. The van der Waals surface area contributed by atoms with E-state index >= 15 is 0 Å². The Morgan fingerprint density at radius 3 is 1.32 bits per heavy atom. The van der Waals surface area contributed by atoms with Crippen molar-refractivity contribution in [3.05, 3.63) is 0 Å². The Morgan fingerprint density at radius 1 is 0.607 bits per heavy atom. The second-order valence-corrected chi connectivity index (χ2v) is 6.03. The minimum atomic E-state index is -0.241. The van der Waals surface area contributed by atoms with Crippen LogP contribution in [0.15, 0.2) is 0 Å². The van der Waals surface area contributed by atoms with E-state index in [-0.39, 0.29) is 12.4 Å². The zero-order valence-corrected chi connectivity index (χ0v) is 17.8. The molecule has 0 saturated carbocycles. The molecule has 0 rings (SSSR count). The van der Waals surface area contributed by atoms with Crippen LogP contribution in [0.4, 0.5) is 0 Å². The van der Waals surface area contributed by atoms with Gasteiger partial charge in [0.2, 0.25) is 0 Å². The third kappa shape index (κ3) is 23.2. The van der Waals surface area contributed by atoms with Gasteiger partial charge in [0.05, 0.1) is 92.3 Å². The highest BCUT2D eigenvalue weighted by Gasteiger charge is 2.00. The Labute approximate surface area is 169 Å². The molecule has 0 N–H and O–H groups in total. The third-order valence-electron chi connectivity index (χ3n) is 3.30. The standard InChI is InChI=1S/C19H39NO8/c1-4-28-19(21)5-7-22-9-11-24-13-15-26-17-18-27-16-14-25-12-10-23-8-6-20(2)3/h4-18H2,1-3H3. The van der Waals surface area contributed by atoms with Gasteiger partial charge in [-0.25, -0.2) is 0 Å². The summed E-state index contributed by atoms with van der Waals surface area (Å²) in [5.41, 5.74) is 0. The Kier molecular flexibility index (Phi) is 21.8. The zero-order valence-electron chi connectivity index (χ0n) is 17.8. The molecule has 9 nitrogen and oxygen atoms in total. The molecule has 0 amide bonds. The van der Waals surface area contributed by atoms with Crippen LogP contribution in [0.1, 0.15) is 13.3 Å². The first-order valence-electron chi connectivity index (χ1n) is 9.93. The van der Waals surface area contributed by atoms with Crippen molar-refractivity contribution in [3.63, 3.8) is 0 Å². The van der Waals surface area contributed by atoms with Crippen molar-refractivity contribution >= 4 is 5.97 Å². The number of likely N-dealkylation sites (N-methyl/N-ethyl adjacent to an activating group) is 1. The van der Waals surface area contributed by atoms with Gasteiger partial charge in [-0.15, -0.1) is 0 Å². The van der Waals surface area contributed by atoms with E-state index in [0.717, 1.165) is 13.2 Å². The third-order valence-corrected chi connectivity index (χ3v) is 3.30. The van der Waals surface area contributed by atoms with Gasteiger partial charge in [-0.05, 0) is 21.0 Å². The quantitative estimate of drug-likeness (QED) is 0.188. The van der Waals surface area contributed by atoms with Crippen molar-refractivity contribution in [3.8, 4) is 0 Å². The van der Waals surface area contributed by atoms with Gasteiger partial charge < -0.3 is 38.1 Å². The van der Waals surface area contributed by atoms with Crippen LogP contribution in [0.25, 0.3) is 0 Å². The molecule has 0 heterocycles. The average molecular weight is 410 g/mol. The average Bonchev–Trinajstić information content (AvgIpc) is 2.66. The highest BCUT2D eigenvalue weighted by molar-refractivity contribution is 5.69. The molecular weight excluding hydrogens is 370 g/mol. The summed E-state index contributed by atoms with van der Waals surface area (Å²) in [7, 11) is 4.03. The van der Waals surface area contributed by atoms with Crippen molar-refractivity contribution in [2.24, 2.45) is 0 Å². The second kappa shape index (κ2) is 22.5. The highest BCUT2D eigenvalue weighted by Crippen LogP contribution is 1.89. The lowest BCUT2D eigenvalue weighted by Gasteiger charge is -2.10. The Morgan fingerprint density at radius 2 is 0.964 bits per heavy atom. The van der Waals surface area contributed by atoms with Crippen LogP contribution in [0.3, 0.4) is 0 Å². The molecule has 0 atom stereocenters. The molecule has 0 aliphatic carbocycles. The van der Waals surface area contributed by atoms with Crippen molar-refractivity contribution in [2.75, 3.05) is 107 Å². The summed E-state index contributed by atoms with van der Waals surface area (Å²) in [6, 6.07) is 0. The van der Waals surface area contributed by atoms with Gasteiger partial charge >= 0.3 is 5.97 Å². The van der Waals surface area contributed by atoms with E-state index in [1.54, 1.807) is 6.92 Å². The fraction of sp³-hybridized carbons (Fsp3) is 0.947. The van der Waals surface area contributed by atoms with Crippen LogP contribution in [0.5, 0.6) is 0 Å². The van der Waals surface area contributed by atoms with E-state index in [4.69, 9.17) is 33.2 Å². The van der Waals surface area contributed by atoms with Gasteiger partial charge in [0.15, 0.2) is 0 Å². The smallest absolute Gasteiger partial charge is 0.308 e. The summed E-state index contributed by atoms with van der Waals surface area (Å²) in [4.78, 5) is 13.1. The summed E-state index contributed by atoms with van der Waals surface area (Å²) in [6.45, 7) is 9.41. The molecule has 0 bridgehead atoms. The molecule has 0 aromatic heterocycles. The summed E-state index contributed by atoms with van der Waals surface area (Å²) in [5.74, 6) is -0.241. The highest BCUT2D eigenvalue weighted by atomic mass is 16.6. The first-order chi connectivity index (χ1) is 13.7. The van der Waals surface area contributed by atoms with Crippen molar-refractivity contribution < 1.29 is 38.0 Å². The molecule has 0 radical (unpaired) electrons. The summed E-state index contributed by atoms with van der Waals surface area (Å²) < 4.78 is 37.0. The number of ether oxygens (including phenoxy) is 7. The molecule has 0 spiro atoms. The number of nitrogens with zero attached hydrogens (tertiary/aromatic N) is 1. The van der Waals surface area contributed by atoms with Gasteiger partial charge in [0.25, 0.3) is 0 Å². The maximum absolute atomic E-state index is 11.1. The van der Waals surface area contributed by atoms with Gasteiger partial charge in [-0.2, -0.15) is 0 Å². The molecule has 0 unspecified atom stereocenters. The van der Waals surface area contributed by atoms with E-state index in [1.807, 2.05) is 14.1 Å². The number of carbonyl (C=O) groups is 1. The van der Waals surface area contributed by atoms with Gasteiger partial charge in [0, 0.05) is 6.54 Å². The molecule has 28 heavy (non-hydrogen) atoms. The molecule has 0 saturated heterocycles. The van der Waals surface area contributed by atoms with Gasteiger partial charge in [0.1, 0.15) is 0 Å². The Hall–Kier alpha value is -0.810. The van der Waals surface area contributed by atoms with E-state index in [1.165, 1.54) is 0 Å². The predicted molar refractivity (Wildman–Crippen MR) is 105 cm³/mol. The molecule has 0 fully saturated rings. The maximum Gasteiger partial charge on any atom is 0.308 e. The molecule has 9 heteroatoms. The SMILES string of the molecule is CCOC(=O)CCOCCOCCOCCOCCOCCOCCN(C)C. The first-order valence-corrected chi connectivity index (χ1v) is 9.93. The monoisotopic (exact) mass is 409 g/mol. The van der Waals surface area contributed by atoms with Crippen LogP contribution < -0.4 is 0 Å². The van der Waals surface area contributed by atoms with E-state index in [0.29, 0.717) is 79.3 Å². The van der Waals surface area contributed by atoms with Crippen molar-refractivity contribution in [1.29, 1.82) is 0 Å². The predicted octanol–water partition coefficient (Wildman–Crippen LogP) is 0.601. The van der Waals surface area contributed by atoms with Gasteiger partial charge in [-0.3, -0.25) is 4.79 Å². The van der Waals surface area contributed by atoms with Gasteiger partial charge in [-0.1, -0.05) is 0 Å². The van der Waals surface area contributed by atoms with Crippen molar-refractivity contribution in [1.82, 2.24) is 4.90 Å². The largest absolute Gasteiger partial charge is 0.466 e. The molecule has 168 valence electrons. The van der Waals surface area contributed by atoms with Crippen LogP contribution in [0, 0.1) is 0 Å². The number of carbonyl (C=O) groups excluding carboxylic acids is 1. The lowest BCUT2D eigenvalue weighted by molar-refractivity contribution is -0.144. The van der Waals surface area contributed by atoms with Crippen LogP contribution in [0.2, 0.25) is 0 Å². The summed E-state index contributed by atoms with van der Waals surface area (Å²) in [5, 5.41) is 0. The Bertz CT molecular complexity index is 331. The van der Waals surface area contributed by atoms with E-state index < -0.39 is 0 Å². The molecule has 0 aliphatic heterocycles. The topological polar surface area (TPSA) is 84.9 Å². The van der Waals surface area contributed by atoms with E-state index in [9.17, 15) is 4.79 Å². The maximum atomic E-state index is 11.1. The minimum Gasteiger partial charge on any atom is -0.466 e. The number of hydrogen-bond donors (Lipinski definition) is 0. The zero-order chi connectivity index (χ0) is 20.7. The summed E-state index contributed by atoms with van der Waals surface area (Å²) in [6.07, 6.45) is 0.270. The van der Waals surface area contributed by atoms with Crippen LogP contribution in [-0.2, 0) is 38.0 Å². The van der Waals surface area contributed by atoms with E-state index in [2.05, 4.69) is 4.90 Å². The molecule has 0 aliphatic rings. The number of esters is 1.